The molecule has 0 saturated heterocycles. The van der Waals surface area contributed by atoms with Crippen molar-refractivity contribution in [2.75, 3.05) is 6.54 Å². The fraction of sp³-hybridized carbons (Fsp3) is 0.294. The van der Waals surface area contributed by atoms with Crippen LogP contribution in [0.2, 0.25) is 0 Å². The van der Waals surface area contributed by atoms with Crippen LogP contribution in [0.15, 0.2) is 24.5 Å². The van der Waals surface area contributed by atoms with E-state index >= 15 is 0 Å². The Morgan fingerprint density at radius 3 is 3.09 bits per heavy atom. The van der Waals surface area contributed by atoms with Crippen LogP contribution in [0.1, 0.15) is 39.8 Å². The third-order valence-corrected chi connectivity index (χ3v) is 3.69. The second kappa shape index (κ2) is 6.55. The molecule has 1 aliphatic rings. The van der Waals surface area contributed by atoms with E-state index in [-0.39, 0.29) is 5.78 Å². The highest BCUT2D eigenvalue weighted by atomic mass is 16.5. The molecule has 0 aromatic carbocycles. The van der Waals surface area contributed by atoms with E-state index < -0.39 is 0 Å². The Kier molecular flexibility index (Phi) is 4.31. The third kappa shape index (κ3) is 3.35. The summed E-state index contributed by atoms with van der Waals surface area (Å²) < 4.78 is 5.91. The number of carbonyl (C=O) groups is 1. The van der Waals surface area contributed by atoms with Gasteiger partial charge in [-0.15, -0.1) is 0 Å². The average Bonchev–Trinajstić information content (AvgIpc) is 2.59. The zero-order valence-corrected chi connectivity index (χ0v) is 12.8. The summed E-state index contributed by atoms with van der Waals surface area (Å²) in [6, 6.07) is 5.51. The third-order valence-electron chi connectivity index (χ3n) is 3.69. The number of hydrogen-bond acceptors (Lipinski definition) is 6. The van der Waals surface area contributed by atoms with Crippen molar-refractivity contribution in [3.05, 3.63) is 52.6 Å². The van der Waals surface area contributed by atoms with Gasteiger partial charge in [-0.25, -0.2) is 4.98 Å². The highest BCUT2D eigenvalue weighted by molar-refractivity contribution is 5.92. The first kappa shape index (κ1) is 15.1. The maximum atomic E-state index is 11.7. The van der Waals surface area contributed by atoms with E-state index in [1.807, 2.05) is 0 Å². The van der Waals surface area contributed by atoms with Gasteiger partial charge in [0.1, 0.15) is 24.1 Å². The molecule has 1 aliphatic heterocycles. The largest absolute Gasteiger partial charge is 0.488 e. The molecule has 1 N–H and O–H groups in total. The van der Waals surface area contributed by atoms with Crippen molar-refractivity contribution in [3.8, 4) is 11.8 Å². The molecule has 116 valence electrons. The number of aromatic nitrogens is 2. The smallest absolute Gasteiger partial charge is 0.178 e. The molecular formula is C17H16N4O2. The molecule has 0 saturated carbocycles. The van der Waals surface area contributed by atoms with E-state index in [0.717, 1.165) is 29.8 Å². The Morgan fingerprint density at radius 1 is 1.43 bits per heavy atom. The van der Waals surface area contributed by atoms with Crippen LogP contribution in [-0.2, 0) is 19.6 Å². The van der Waals surface area contributed by atoms with E-state index in [1.54, 1.807) is 18.3 Å². The lowest BCUT2D eigenvalue weighted by atomic mass is 10.0. The van der Waals surface area contributed by atoms with Crippen molar-refractivity contribution < 1.29 is 9.53 Å². The molecule has 0 spiro atoms. The lowest BCUT2D eigenvalue weighted by Crippen LogP contribution is -2.26. The number of hydrogen-bond donors (Lipinski definition) is 1. The first-order valence-corrected chi connectivity index (χ1v) is 7.38. The number of nitrogens with zero attached hydrogens (tertiary/aromatic N) is 3. The summed E-state index contributed by atoms with van der Waals surface area (Å²) in [5.41, 5.74) is 3.62. The van der Waals surface area contributed by atoms with E-state index in [9.17, 15) is 4.79 Å². The lowest BCUT2D eigenvalue weighted by Gasteiger charge is -2.20. The number of Topliss-reactive ketones (excluding diaryl/α,β-unsaturated/α-hetero) is 1. The molecule has 2 aromatic rings. The second-order valence-corrected chi connectivity index (χ2v) is 5.40. The normalized spacial score (nSPS) is 13.0. The number of ketones is 1. The standard InChI is InChI=1S/C17H16N4O2/c1-11(22)15-5-17(14-2-3-19-9-16(14)21-15)23-10-13-4-12(6-18)7-20-8-13/h4-5,7-8,19H,2-3,9-10H2,1H3. The van der Waals surface area contributed by atoms with Gasteiger partial charge in [-0.05, 0) is 19.0 Å². The first-order valence-electron chi connectivity index (χ1n) is 7.38. The summed E-state index contributed by atoms with van der Waals surface area (Å²) in [6.07, 6.45) is 3.99. The molecule has 6 heteroatoms. The molecule has 0 radical (unpaired) electrons. The van der Waals surface area contributed by atoms with Crippen LogP contribution in [0.5, 0.6) is 5.75 Å². The van der Waals surface area contributed by atoms with Gasteiger partial charge in [0.2, 0.25) is 0 Å². The van der Waals surface area contributed by atoms with Gasteiger partial charge < -0.3 is 10.1 Å². The molecule has 3 heterocycles. The van der Waals surface area contributed by atoms with E-state index in [1.165, 1.54) is 13.1 Å². The van der Waals surface area contributed by atoms with Crippen LogP contribution >= 0.6 is 0 Å². The number of carbonyl (C=O) groups excluding carboxylic acids is 1. The van der Waals surface area contributed by atoms with Gasteiger partial charge in [0.15, 0.2) is 5.78 Å². The van der Waals surface area contributed by atoms with Crippen LogP contribution in [-0.4, -0.2) is 22.3 Å². The highest BCUT2D eigenvalue weighted by Gasteiger charge is 2.18. The molecule has 0 unspecified atom stereocenters. The number of rotatable bonds is 4. The summed E-state index contributed by atoms with van der Waals surface area (Å²) >= 11 is 0. The molecule has 0 aliphatic carbocycles. The molecule has 2 aromatic heterocycles. The predicted octanol–water partition coefficient (Wildman–Crippen LogP) is 1.78. The number of ether oxygens (including phenoxy) is 1. The van der Waals surface area contributed by atoms with Crippen molar-refractivity contribution in [1.29, 1.82) is 5.26 Å². The minimum atomic E-state index is -0.0867. The number of nitrogens with one attached hydrogen (secondary N) is 1. The summed E-state index contributed by atoms with van der Waals surface area (Å²) in [5, 5.41) is 12.2. The Balaban J connectivity index is 1.88. The molecule has 23 heavy (non-hydrogen) atoms. The summed E-state index contributed by atoms with van der Waals surface area (Å²) in [6.45, 7) is 3.28. The zero-order chi connectivity index (χ0) is 16.2. The van der Waals surface area contributed by atoms with Crippen molar-refractivity contribution in [2.24, 2.45) is 0 Å². The fourth-order valence-corrected chi connectivity index (χ4v) is 2.53. The molecule has 0 atom stereocenters. The van der Waals surface area contributed by atoms with Gasteiger partial charge in [0, 0.05) is 43.1 Å². The summed E-state index contributed by atoms with van der Waals surface area (Å²) in [4.78, 5) is 20.1. The second-order valence-electron chi connectivity index (χ2n) is 5.40. The monoisotopic (exact) mass is 308 g/mol. The number of pyridine rings is 2. The van der Waals surface area contributed by atoms with Crippen LogP contribution in [0.3, 0.4) is 0 Å². The van der Waals surface area contributed by atoms with E-state index in [4.69, 9.17) is 10.00 Å². The van der Waals surface area contributed by atoms with Gasteiger partial charge >= 0.3 is 0 Å². The fourth-order valence-electron chi connectivity index (χ4n) is 2.53. The quantitative estimate of drug-likeness (QED) is 0.866. The van der Waals surface area contributed by atoms with Crippen LogP contribution in [0.25, 0.3) is 0 Å². The molecule has 6 nitrogen and oxygen atoms in total. The van der Waals surface area contributed by atoms with Gasteiger partial charge in [-0.3, -0.25) is 9.78 Å². The highest BCUT2D eigenvalue weighted by Crippen LogP contribution is 2.26. The minimum Gasteiger partial charge on any atom is -0.488 e. The zero-order valence-electron chi connectivity index (χ0n) is 12.8. The SMILES string of the molecule is CC(=O)c1cc(OCc2cncc(C#N)c2)c2c(n1)CNCC2. The van der Waals surface area contributed by atoms with Gasteiger partial charge in [-0.2, -0.15) is 5.26 Å². The Bertz CT molecular complexity index is 796. The van der Waals surface area contributed by atoms with E-state index in [0.29, 0.717) is 30.2 Å². The van der Waals surface area contributed by atoms with Crippen molar-refractivity contribution in [2.45, 2.75) is 26.5 Å². The van der Waals surface area contributed by atoms with Crippen LogP contribution < -0.4 is 10.1 Å². The molecule has 0 amide bonds. The van der Waals surface area contributed by atoms with Crippen molar-refractivity contribution in [3.63, 3.8) is 0 Å². The van der Waals surface area contributed by atoms with Crippen LogP contribution in [0.4, 0.5) is 0 Å². The Labute approximate surface area is 134 Å². The first-order chi connectivity index (χ1) is 11.2. The lowest BCUT2D eigenvalue weighted by molar-refractivity contribution is 0.101. The van der Waals surface area contributed by atoms with Gasteiger partial charge in [0.25, 0.3) is 0 Å². The summed E-state index contributed by atoms with van der Waals surface area (Å²) in [7, 11) is 0. The topological polar surface area (TPSA) is 87.9 Å². The molecular weight excluding hydrogens is 292 g/mol. The van der Waals surface area contributed by atoms with E-state index in [2.05, 4.69) is 21.4 Å². The average molecular weight is 308 g/mol. The number of nitriles is 1. The van der Waals surface area contributed by atoms with Crippen molar-refractivity contribution >= 4 is 5.78 Å². The molecule has 0 bridgehead atoms. The number of fused-ring (bicyclic) bond motifs is 1. The van der Waals surface area contributed by atoms with Gasteiger partial charge in [0.05, 0.1) is 11.3 Å². The summed E-state index contributed by atoms with van der Waals surface area (Å²) in [5.74, 6) is 0.598. The molecule has 3 rings (SSSR count). The Hall–Kier alpha value is -2.78. The maximum Gasteiger partial charge on any atom is 0.178 e. The minimum absolute atomic E-state index is 0.0867. The van der Waals surface area contributed by atoms with Crippen LogP contribution in [0, 0.1) is 11.3 Å². The Morgan fingerprint density at radius 2 is 2.30 bits per heavy atom. The van der Waals surface area contributed by atoms with Gasteiger partial charge in [-0.1, -0.05) is 0 Å². The predicted molar refractivity (Wildman–Crippen MR) is 82.9 cm³/mol. The van der Waals surface area contributed by atoms with Crippen molar-refractivity contribution in [1.82, 2.24) is 15.3 Å². The maximum absolute atomic E-state index is 11.7. The molecule has 0 fully saturated rings.